The summed E-state index contributed by atoms with van der Waals surface area (Å²) in [6.45, 7) is 1.97. The zero-order valence-electron chi connectivity index (χ0n) is 5.65. The zero-order valence-corrected chi connectivity index (χ0v) is 5.65. The SMILES string of the molecule is Cc1cc2cnccn2n1. The Kier molecular flexibility index (Phi) is 0.974. The van der Waals surface area contributed by atoms with Crippen molar-refractivity contribution in [2.75, 3.05) is 0 Å². The van der Waals surface area contributed by atoms with E-state index in [1.54, 1.807) is 12.4 Å². The molecule has 0 bridgehead atoms. The summed E-state index contributed by atoms with van der Waals surface area (Å²) in [7, 11) is 0. The molecule has 2 aromatic rings. The van der Waals surface area contributed by atoms with E-state index in [9.17, 15) is 0 Å². The normalized spacial score (nSPS) is 10.5. The minimum absolute atomic E-state index is 1.02. The van der Waals surface area contributed by atoms with E-state index in [4.69, 9.17) is 0 Å². The molecule has 2 heterocycles. The second-order valence-corrected chi connectivity index (χ2v) is 2.23. The van der Waals surface area contributed by atoms with Gasteiger partial charge in [0.05, 0.1) is 17.4 Å². The van der Waals surface area contributed by atoms with Crippen LogP contribution in [-0.4, -0.2) is 14.6 Å². The lowest BCUT2D eigenvalue weighted by molar-refractivity contribution is 0.922. The van der Waals surface area contributed by atoms with Gasteiger partial charge in [0.25, 0.3) is 0 Å². The van der Waals surface area contributed by atoms with E-state index >= 15 is 0 Å². The Morgan fingerprint density at radius 3 is 3.20 bits per heavy atom. The van der Waals surface area contributed by atoms with E-state index in [-0.39, 0.29) is 0 Å². The quantitative estimate of drug-likeness (QED) is 0.537. The first-order chi connectivity index (χ1) is 4.86. The number of rotatable bonds is 0. The van der Waals surface area contributed by atoms with Gasteiger partial charge in [-0.15, -0.1) is 0 Å². The number of fused-ring (bicyclic) bond motifs is 1. The van der Waals surface area contributed by atoms with Crippen LogP contribution >= 0.6 is 0 Å². The fraction of sp³-hybridized carbons (Fsp3) is 0.143. The third kappa shape index (κ3) is 0.673. The van der Waals surface area contributed by atoms with Gasteiger partial charge in [0.15, 0.2) is 0 Å². The summed E-state index contributed by atoms with van der Waals surface area (Å²) >= 11 is 0. The average Bonchev–Trinajstić information content (AvgIpc) is 2.27. The molecule has 0 N–H and O–H groups in total. The van der Waals surface area contributed by atoms with E-state index in [1.165, 1.54) is 0 Å². The van der Waals surface area contributed by atoms with Crippen LogP contribution in [0.5, 0.6) is 0 Å². The third-order valence-corrected chi connectivity index (χ3v) is 1.39. The maximum atomic E-state index is 4.19. The average molecular weight is 133 g/mol. The third-order valence-electron chi connectivity index (χ3n) is 1.39. The molecule has 0 spiro atoms. The van der Waals surface area contributed by atoms with Gasteiger partial charge in [0.1, 0.15) is 0 Å². The molecule has 0 aliphatic rings. The van der Waals surface area contributed by atoms with Crippen molar-refractivity contribution in [3.8, 4) is 0 Å². The second kappa shape index (κ2) is 1.80. The summed E-state index contributed by atoms with van der Waals surface area (Å²) in [6, 6.07) is 1.99. The van der Waals surface area contributed by atoms with Crippen LogP contribution in [0, 0.1) is 6.92 Å². The molecule has 3 nitrogen and oxygen atoms in total. The first-order valence-electron chi connectivity index (χ1n) is 3.12. The zero-order chi connectivity index (χ0) is 6.97. The largest absolute Gasteiger partial charge is 0.261 e. The Morgan fingerprint density at radius 1 is 1.50 bits per heavy atom. The Balaban J connectivity index is 2.88. The number of hydrogen-bond acceptors (Lipinski definition) is 2. The summed E-state index contributed by atoms with van der Waals surface area (Å²) in [5, 5.41) is 4.19. The van der Waals surface area contributed by atoms with Crippen LogP contribution in [0.25, 0.3) is 5.52 Å². The van der Waals surface area contributed by atoms with Gasteiger partial charge in [-0.3, -0.25) is 4.98 Å². The van der Waals surface area contributed by atoms with Crippen LogP contribution in [0.4, 0.5) is 0 Å². The Hall–Kier alpha value is -1.38. The van der Waals surface area contributed by atoms with E-state index in [0.717, 1.165) is 11.2 Å². The molecule has 0 aliphatic heterocycles. The lowest BCUT2D eigenvalue weighted by Gasteiger charge is -1.86. The Bertz CT molecular complexity index is 317. The van der Waals surface area contributed by atoms with Gasteiger partial charge in [-0.2, -0.15) is 5.10 Å². The van der Waals surface area contributed by atoms with Gasteiger partial charge >= 0.3 is 0 Å². The standard InChI is InChI=1S/C7H7N3/c1-6-4-7-5-8-2-3-10(7)9-6/h2-5H,1H3. The summed E-state index contributed by atoms with van der Waals surface area (Å²) in [6.07, 6.45) is 5.35. The molecule has 0 aromatic carbocycles. The molecular formula is C7H7N3. The summed E-state index contributed by atoms with van der Waals surface area (Å²) in [4.78, 5) is 3.97. The molecule has 2 aromatic heterocycles. The maximum absolute atomic E-state index is 4.19. The molecule has 2 rings (SSSR count). The molecule has 0 saturated carbocycles. The van der Waals surface area contributed by atoms with Crippen molar-refractivity contribution >= 4 is 5.52 Å². The van der Waals surface area contributed by atoms with Crippen molar-refractivity contribution in [1.29, 1.82) is 0 Å². The van der Waals surface area contributed by atoms with E-state index in [2.05, 4.69) is 10.1 Å². The van der Waals surface area contributed by atoms with Gasteiger partial charge in [-0.1, -0.05) is 0 Å². The molecule has 0 radical (unpaired) electrons. The molecule has 0 aliphatic carbocycles. The van der Waals surface area contributed by atoms with Gasteiger partial charge in [-0.25, -0.2) is 4.52 Å². The van der Waals surface area contributed by atoms with Crippen LogP contribution in [0.1, 0.15) is 5.69 Å². The van der Waals surface area contributed by atoms with Gasteiger partial charge < -0.3 is 0 Å². The smallest absolute Gasteiger partial charge is 0.0847 e. The van der Waals surface area contributed by atoms with Crippen molar-refractivity contribution in [2.45, 2.75) is 6.92 Å². The number of aromatic nitrogens is 3. The lowest BCUT2D eigenvalue weighted by atomic mass is 10.4. The highest BCUT2D eigenvalue weighted by Crippen LogP contribution is 2.01. The monoisotopic (exact) mass is 133 g/mol. The molecule has 0 saturated heterocycles. The molecule has 0 fully saturated rings. The maximum Gasteiger partial charge on any atom is 0.0847 e. The fourth-order valence-corrected chi connectivity index (χ4v) is 0.974. The molecule has 3 heteroatoms. The molecule has 0 atom stereocenters. The highest BCUT2D eigenvalue weighted by Gasteiger charge is 1.92. The molecular weight excluding hydrogens is 126 g/mol. The predicted octanol–water partition coefficient (Wildman–Crippen LogP) is 1.04. The summed E-state index contributed by atoms with van der Waals surface area (Å²) < 4.78 is 1.81. The second-order valence-electron chi connectivity index (χ2n) is 2.23. The Labute approximate surface area is 58.3 Å². The summed E-state index contributed by atoms with van der Waals surface area (Å²) in [5.74, 6) is 0. The molecule has 50 valence electrons. The Morgan fingerprint density at radius 2 is 2.40 bits per heavy atom. The van der Waals surface area contributed by atoms with Crippen molar-refractivity contribution in [3.63, 3.8) is 0 Å². The van der Waals surface area contributed by atoms with Gasteiger partial charge in [0.2, 0.25) is 0 Å². The van der Waals surface area contributed by atoms with Crippen LogP contribution in [0.3, 0.4) is 0 Å². The van der Waals surface area contributed by atoms with Crippen LogP contribution in [0.2, 0.25) is 0 Å². The van der Waals surface area contributed by atoms with E-state index in [0.29, 0.717) is 0 Å². The van der Waals surface area contributed by atoms with Crippen molar-refractivity contribution in [1.82, 2.24) is 14.6 Å². The van der Waals surface area contributed by atoms with Crippen LogP contribution < -0.4 is 0 Å². The number of hydrogen-bond donors (Lipinski definition) is 0. The van der Waals surface area contributed by atoms with Crippen molar-refractivity contribution < 1.29 is 0 Å². The minimum Gasteiger partial charge on any atom is -0.261 e. The van der Waals surface area contributed by atoms with Crippen LogP contribution in [-0.2, 0) is 0 Å². The highest BCUT2D eigenvalue weighted by atomic mass is 15.2. The number of nitrogens with zero attached hydrogens (tertiary/aromatic N) is 3. The van der Waals surface area contributed by atoms with E-state index < -0.39 is 0 Å². The number of aryl methyl sites for hydroxylation is 1. The fourth-order valence-electron chi connectivity index (χ4n) is 0.974. The predicted molar refractivity (Wildman–Crippen MR) is 37.7 cm³/mol. The van der Waals surface area contributed by atoms with Crippen molar-refractivity contribution in [3.05, 3.63) is 30.4 Å². The first-order valence-corrected chi connectivity index (χ1v) is 3.12. The molecule has 0 amide bonds. The topological polar surface area (TPSA) is 30.2 Å². The molecule has 0 unspecified atom stereocenters. The van der Waals surface area contributed by atoms with E-state index in [1.807, 2.05) is 23.7 Å². The van der Waals surface area contributed by atoms with Gasteiger partial charge in [-0.05, 0) is 13.0 Å². The molecule has 10 heavy (non-hydrogen) atoms. The highest BCUT2D eigenvalue weighted by molar-refractivity contribution is 5.44. The van der Waals surface area contributed by atoms with Gasteiger partial charge in [0, 0.05) is 12.4 Å². The minimum atomic E-state index is 1.02. The summed E-state index contributed by atoms with van der Waals surface area (Å²) in [5.41, 5.74) is 2.06. The van der Waals surface area contributed by atoms with Crippen molar-refractivity contribution in [2.24, 2.45) is 0 Å². The lowest BCUT2D eigenvalue weighted by Crippen LogP contribution is -1.85. The first kappa shape index (κ1) is 5.41. The van der Waals surface area contributed by atoms with Crippen LogP contribution in [0.15, 0.2) is 24.7 Å².